The van der Waals surface area contributed by atoms with Crippen LogP contribution in [0, 0.1) is 17.5 Å². The van der Waals surface area contributed by atoms with E-state index in [-0.39, 0.29) is 36.0 Å². The van der Waals surface area contributed by atoms with Crippen LogP contribution >= 0.6 is 11.3 Å². The van der Waals surface area contributed by atoms with E-state index >= 15 is 0 Å². The van der Waals surface area contributed by atoms with Gasteiger partial charge in [-0.15, -0.1) is 16.4 Å². The third kappa shape index (κ3) is 5.04. The minimum absolute atomic E-state index is 0.00561. The number of amides is 1. The molecule has 0 spiro atoms. The van der Waals surface area contributed by atoms with E-state index in [0.717, 1.165) is 34.6 Å². The summed E-state index contributed by atoms with van der Waals surface area (Å²) in [6, 6.07) is 11.5. The van der Waals surface area contributed by atoms with Gasteiger partial charge in [0.1, 0.15) is 17.5 Å². The normalized spacial score (nSPS) is 17.9. The zero-order valence-electron chi connectivity index (χ0n) is 26.3. The lowest BCUT2D eigenvalue weighted by Crippen LogP contribution is -2.22. The Morgan fingerprint density at radius 1 is 0.980 bits per heavy atom. The van der Waals surface area contributed by atoms with Crippen molar-refractivity contribution in [1.82, 2.24) is 25.1 Å². The van der Waals surface area contributed by atoms with Gasteiger partial charge in [0.2, 0.25) is 0 Å². The summed E-state index contributed by atoms with van der Waals surface area (Å²) >= 11 is 1.39. The molecule has 10 nitrogen and oxygen atoms in total. The second-order valence-corrected chi connectivity index (χ2v) is 13.7. The number of rotatable bonds is 7. The van der Waals surface area contributed by atoms with Crippen molar-refractivity contribution < 1.29 is 27.1 Å². The first kappa shape index (κ1) is 30.6. The van der Waals surface area contributed by atoms with Crippen LogP contribution in [0.15, 0.2) is 63.9 Å². The zero-order valence-corrected chi connectivity index (χ0v) is 27.1. The van der Waals surface area contributed by atoms with Crippen LogP contribution in [0.25, 0.3) is 32.0 Å². The zero-order chi connectivity index (χ0) is 34.1. The van der Waals surface area contributed by atoms with Crippen molar-refractivity contribution in [3.05, 3.63) is 111 Å². The number of carbonyl (C=O) groups is 1. The molecule has 4 aromatic heterocycles. The van der Waals surface area contributed by atoms with Crippen molar-refractivity contribution in [3.8, 4) is 27.6 Å². The maximum absolute atomic E-state index is 14.6. The fraction of sp³-hybridized carbons (Fsp3) is 0.250. The van der Waals surface area contributed by atoms with Gasteiger partial charge in [-0.1, -0.05) is 12.1 Å². The first-order valence-electron chi connectivity index (χ1n) is 16.3. The number of H-pyrrole nitrogens is 1. The molecule has 50 heavy (non-hydrogen) atoms. The molecule has 7 heterocycles. The number of nitrogens with zero attached hydrogens (tertiary/aromatic N) is 4. The van der Waals surface area contributed by atoms with Gasteiger partial charge in [0, 0.05) is 41.2 Å². The van der Waals surface area contributed by atoms with Crippen molar-refractivity contribution in [3.63, 3.8) is 0 Å². The molecule has 252 valence electrons. The summed E-state index contributed by atoms with van der Waals surface area (Å²) in [6.45, 7) is 0.843. The van der Waals surface area contributed by atoms with Crippen molar-refractivity contribution in [1.29, 1.82) is 0 Å². The number of aromatic amines is 1. The Hall–Kier alpha value is -5.50. The molecule has 6 aromatic rings. The lowest BCUT2D eigenvalue weighted by Gasteiger charge is -2.27. The number of pyridine rings is 2. The fourth-order valence-corrected chi connectivity index (χ4v) is 8.55. The van der Waals surface area contributed by atoms with Crippen LogP contribution in [0.3, 0.4) is 0 Å². The molecule has 1 saturated heterocycles. The Balaban J connectivity index is 1.21. The second kappa shape index (κ2) is 11.8. The molecule has 0 radical (unpaired) electrons. The summed E-state index contributed by atoms with van der Waals surface area (Å²) in [4.78, 5) is 38.7. The quantitative estimate of drug-likeness (QED) is 0.181. The molecule has 2 N–H and O–H groups in total. The van der Waals surface area contributed by atoms with E-state index in [4.69, 9.17) is 14.1 Å². The second-order valence-electron chi connectivity index (χ2n) is 12.6. The van der Waals surface area contributed by atoms with Crippen LogP contribution in [-0.4, -0.2) is 44.1 Å². The molecule has 9 rings (SSSR count). The summed E-state index contributed by atoms with van der Waals surface area (Å²) in [6.07, 6.45) is 4.64. The number of ether oxygens (including phenoxy) is 1. The maximum Gasteiger partial charge on any atom is 0.434 e. The third-order valence-electron chi connectivity index (χ3n) is 9.62. The highest BCUT2D eigenvalue weighted by molar-refractivity contribution is 7.23. The lowest BCUT2D eigenvalue weighted by atomic mass is 9.93. The number of benzene rings is 2. The van der Waals surface area contributed by atoms with Crippen molar-refractivity contribution in [2.45, 2.75) is 44.2 Å². The molecule has 14 heteroatoms. The Morgan fingerprint density at radius 3 is 2.66 bits per heavy atom. The largest absolute Gasteiger partial charge is 0.490 e. The van der Waals surface area contributed by atoms with E-state index in [2.05, 4.69) is 20.5 Å². The van der Waals surface area contributed by atoms with Crippen molar-refractivity contribution >= 4 is 33.1 Å². The first-order valence-corrected chi connectivity index (χ1v) is 17.1. The average Bonchev–Trinajstić information content (AvgIpc) is 3.91. The Morgan fingerprint density at radius 2 is 1.84 bits per heavy atom. The maximum atomic E-state index is 14.6. The van der Waals surface area contributed by atoms with Gasteiger partial charge in [-0.05, 0) is 67.0 Å². The first-order chi connectivity index (χ1) is 24.3. The van der Waals surface area contributed by atoms with Crippen LogP contribution in [0.4, 0.5) is 19.0 Å². The minimum Gasteiger partial charge on any atom is -0.490 e. The van der Waals surface area contributed by atoms with Gasteiger partial charge < -0.3 is 19.4 Å². The van der Waals surface area contributed by atoms with Crippen LogP contribution in [0.2, 0.25) is 0 Å². The number of fused-ring (bicyclic) bond motifs is 5. The van der Waals surface area contributed by atoms with E-state index in [1.54, 1.807) is 18.3 Å². The number of aryl methyl sites for hydroxylation is 2. The van der Waals surface area contributed by atoms with Crippen LogP contribution in [-0.2, 0) is 12.8 Å². The van der Waals surface area contributed by atoms with E-state index in [0.29, 0.717) is 70.1 Å². The molecule has 1 amide bonds. The standard InChI is InChI=1S/C36H27F3N6O4S/c37-19-6-3-17(4-7-19)5-8-24-27(34-43-44-36(47)49-34)28(29-30(41-24)25-2-1-12-45(25)35(29)46)26-14-18-9-11-40-33(32(18)50-26)42-23-10-13-48-31-21(23)15-20(38)16-22(31)39/h3-4,6-7,9,11,14-16,23,25H,1-2,5,8,10,12-13H2,(H,40,42)(H,44,47)/t23-,25-/m0/s1. The van der Waals surface area contributed by atoms with Gasteiger partial charge in [-0.25, -0.2) is 28.0 Å². The highest BCUT2D eigenvalue weighted by atomic mass is 32.1. The van der Waals surface area contributed by atoms with Gasteiger partial charge >= 0.3 is 5.76 Å². The number of aromatic nitrogens is 4. The van der Waals surface area contributed by atoms with E-state index in [1.807, 2.05) is 17.0 Å². The van der Waals surface area contributed by atoms with Gasteiger partial charge in [0.25, 0.3) is 11.8 Å². The SMILES string of the molecule is O=C1c2c(nc(CCc3ccc(F)cc3)c(-c3n[nH]c(=O)o3)c2-c2cc3ccnc(N[C@H]4CCOc5c(F)cc(F)cc54)c3s2)[C@@H]2CCCN12. The molecular formula is C36H27F3N6O4S. The molecule has 3 aliphatic rings. The topological polar surface area (TPSA) is 126 Å². The van der Waals surface area contributed by atoms with E-state index < -0.39 is 23.4 Å². The predicted octanol–water partition coefficient (Wildman–Crippen LogP) is 7.13. The average molecular weight is 697 g/mol. The fourth-order valence-electron chi connectivity index (χ4n) is 7.39. The van der Waals surface area contributed by atoms with Crippen molar-refractivity contribution in [2.75, 3.05) is 18.5 Å². The Bertz CT molecular complexity index is 2390. The summed E-state index contributed by atoms with van der Waals surface area (Å²) in [7, 11) is 0. The molecule has 0 aliphatic carbocycles. The number of halogens is 3. The number of thiophene rings is 1. The summed E-state index contributed by atoms with van der Waals surface area (Å²) < 4.78 is 54.4. The van der Waals surface area contributed by atoms with Crippen LogP contribution in [0.1, 0.15) is 64.2 Å². The highest BCUT2D eigenvalue weighted by Gasteiger charge is 2.45. The van der Waals surface area contributed by atoms with Crippen LogP contribution < -0.4 is 15.8 Å². The molecule has 0 unspecified atom stereocenters. The van der Waals surface area contributed by atoms with Gasteiger partial charge in [-0.2, -0.15) is 0 Å². The van der Waals surface area contributed by atoms with Gasteiger partial charge in [0.05, 0.1) is 45.9 Å². The molecule has 0 bridgehead atoms. The number of hydrogen-bond donors (Lipinski definition) is 2. The molecular weight excluding hydrogens is 669 g/mol. The Kier molecular flexibility index (Phi) is 7.23. The molecule has 3 aliphatic heterocycles. The van der Waals surface area contributed by atoms with Crippen LogP contribution in [0.5, 0.6) is 5.75 Å². The Labute approximate surface area is 285 Å². The summed E-state index contributed by atoms with van der Waals surface area (Å²) in [5.74, 6) is -2.18. The number of nitrogens with one attached hydrogen (secondary N) is 2. The molecule has 1 fully saturated rings. The molecule has 2 atom stereocenters. The third-order valence-corrected chi connectivity index (χ3v) is 10.8. The molecule has 0 saturated carbocycles. The predicted molar refractivity (Wildman–Crippen MR) is 179 cm³/mol. The van der Waals surface area contributed by atoms with Crippen molar-refractivity contribution in [2.24, 2.45) is 0 Å². The monoisotopic (exact) mass is 696 g/mol. The molecule has 2 aromatic carbocycles. The summed E-state index contributed by atoms with van der Waals surface area (Å²) in [5, 5.41) is 10.8. The van der Waals surface area contributed by atoms with E-state index in [1.165, 1.54) is 29.5 Å². The smallest absolute Gasteiger partial charge is 0.434 e. The number of anilines is 1. The van der Waals surface area contributed by atoms with E-state index in [9.17, 15) is 22.8 Å². The highest BCUT2D eigenvalue weighted by Crippen LogP contribution is 2.50. The number of hydrogen-bond acceptors (Lipinski definition) is 9. The minimum atomic E-state index is -0.763. The summed E-state index contributed by atoms with van der Waals surface area (Å²) in [5.41, 5.74) is 3.96. The number of carbonyl (C=O) groups excluding carboxylic acids is 1. The lowest BCUT2D eigenvalue weighted by molar-refractivity contribution is 0.0776. The van der Waals surface area contributed by atoms with Gasteiger partial charge in [-0.3, -0.25) is 9.78 Å². The van der Waals surface area contributed by atoms with Gasteiger partial charge in [0.15, 0.2) is 11.6 Å².